The van der Waals surface area contributed by atoms with E-state index in [0.717, 1.165) is 0 Å². The minimum absolute atomic E-state index is 0.228. The largest absolute Gasteiger partial charge is 0.497 e. The molecule has 0 radical (unpaired) electrons. The summed E-state index contributed by atoms with van der Waals surface area (Å²) < 4.78 is 15.7. The first-order valence-corrected chi connectivity index (χ1v) is 8.25. The third-order valence-corrected chi connectivity index (χ3v) is 3.15. The summed E-state index contributed by atoms with van der Waals surface area (Å²) in [6.07, 6.45) is 4.32. The van der Waals surface area contributed by atoms with E-state index in [9.17, 15) is 9.59 Å². The summed E-state index contributed by atoms with van der Waals surface area (Å²) in [6, 6.07) is 5.12. The van der Waals surface area contributed by atoms with E-state index in [1.807, 2.05) is 13.8 Å². The van der Waals surface area contributed by atoms with Crippen LogP contribution in [0.1, 0.15) is 38.1 Å². The summed E-state index contributed by atoms with van der Waals surface area (Å²) in [5, 5.41) is 0. The number of allylic oxidation sites excluding steroid dienone is 3. The van der Waals surface area contributed by atoms with E-state index < -0.39 is 5.97 Å². The van der Waals surface area contributed by atoms with E-state index in [4.69, 9.17) is 14.2 Å². The monoisotopic (exact) mass is 346 g/mol. The van der Waals surface area contributed by atoms with Gasteiger partial charge in [-0.25, -0.2) is 4.79 Å². The normalized spacial score (nSPS) is 11.7. The van der Waals surface area contributed by atoms with Gasteiger partial charge in [-0.2, -0.15) is 0 Å². The number of carbonyl (C=O) groups is 2. The number of benzene rings is 1. The summed E-state index contributed by atoms with van der Waals surface area (Å²) in [6.45, 7) is 8.36. The van der Waals surface area contributed by atoms with Crippen LogP contribution in [0.4, 0.5) is 0 Å². The Morgan fingerprint density at radius 1 is 1.20 bits per heavy atom. The van der Waals surface area contributed by atoms with Gasteiger partial charge in [0.15, 0.2) is 5.78 Å². The highest BCUT2D eigenvalue weighted by molar-refractivity contribution is 6.07. The SMILES string of the molecule is CCOC(=O)/C=C(C)/C=C/C(=O)c1cc(OC)ccc1OCC(C)C. The van der Waals surface area contributed by atoms with E-state index in [1.165, 1.54) is 12.2 Å². The maximum Gasteiger partial charge on any atom is 0.330 e. The van der Waals surface area contributed by atoms with Crippen molar-refractivity contribution in [2.45, 2.75) is 27.7 Å². The lowest BCUT2D eigenvalue weighted by atomic mass is 10.1. The Labute approximate surface area is 149 Å². The van der Waals surface area contributed by atoms with Gasteiger partial charge in [0.05, 0.1) is 25.9 Å². The van der Waals surface area contributed by atoms with E-state index in [-0.39, 0.29) is 5.78 Å². The molecule has 0 aliphatic heterocycles. The fraction of sp³-hybridized carbons (Fsp3) is 0.400. The van der Waals surface area contributed by atoms with Crippen LogP contribution >= 0.6 is 0 Å². The second-order valence-corrected chi connectivity index (χ2v) is 5.90. The zero-order valence-electron chi connectivity index (χ0n) is 15.5. The molecule has 0 aliphatic carbocycles. The molecule has 0 unspecified atom stereocenters. The van der Waals surface area contributed by atoms with Gasteiger partial charge in [0.2, 0.25) is 0 Å². The molecule has 1 rings (SSSR count). The number of methoxy groups -OCH3 is 1. The van der Waals surface area contributed by atoms with Gasteiger partial charge < -0.3 is 14.2 Å². The molecule has 5 heteroatoms. The number of rotatable bonds is 9. The number of hydrogen-bond donors (Lipinski definition) is 0. The Hall–Kier alpha value is -2.56. The molecule has 0 saturated heterocycles. The molecule has 0 fully saturated rings. The quantitative estimate of drug-likeness (QED) is 0.293. The molecular formula is C20H26O5. The van der Waals surface area contributed by atoms with Crippen LogP contribution in [0, 0.1) is 5.92 Å². The Morgan fingerprint density at radius 3 is 2.52 bits per heavy atom. The van der Waals surface area contributed by atoms with Gasteiger partial charge in [0.1, 0.15) is 11.5 Å². The topological polar surface area (TPSA) is 61.8 Å². The lowest BCUT2D eigenvalue weighted by Gasteiger charge is -2.13. The van der Waals surface area contributed by atoms with Gasteiger partial charge >= 0.3 is 5.97 Å². The van der Waals surface area contributed by atoms with Crippen LogP contribution in [-0.2, 0) is 9.53 Å². The summed E-state index contributed by atoms with van der Waals surface area (Å²) in [4.78, 5) is 23.9. The molecule has 136 valence electrons. The van der Waals surface area contributed by atoms with Gasteiger partial charge in [-0.3, -0.25) is 4.79 Å². The minimum atomic E-state index is -0.431. The van der Waals surface area contributed by atoms with Gasteiger partial charge in [-0.1, -0.05) is 19.9 Å². The van der Waals surface area contributed by atoms with E-state index in [1.54, 1.807) is 45.2 Å². The highest BCUT2D eigenvalue weighted by Crippen LogP contribution is 2.25. The average molecular weight is 346 g/mol. The van der Waals surface area contributed by atoms with Gasteiger partial charge in [-0.15, -0.1) is 0 Å². The second-order valence-electron chi connectivity index (χ2n) is 5.90. The summed E-state index contributed by atoms with van der Waals surface area (Å²) >= 11 is 0. The van der Waals surface area contributed by atoms with Gasteiger partial charge in [0.25, 0.3) is 0 Å². The number of ether oxygens (including phenoxy) is 3. The Balaban J connectivity index is 2.98. The molecule has 0 spiro atoms. The first kappa shape index (κ1) is 20.5. The van der Waals surface area contributed by atoms with Crippen molar-refractivity contribution in [1.82, 2.24) is 0 Å². The average Bonchev–Trinajstić information content (AvgIpc) is 2.57. The van der Waals surface area contributed by atoms with Crippen molar-refractivity contribution in [1.29, 1.82) is 0 Å². The van der Waals surface area contributed by atoms with Crippen molar-refractivity contribution in [3.63, 3.8) is 0 Å². The number of hydrogen-bond acceptors (Lipinski definition) is 5. The molecule has 0 atom stereocenters. The molecular weight excluding hydrogens is 320 g/mol. The molecule has 0 aliphatic rings. The third-order valence-electron chi connectivity index (χ3n) is 3.15. The Kier molecular flexibility index (Phi) is 8.47. The zero-order valence-corrected chi connectivity index (χ0v) is 15.5. The molecule has 5 nitrogen and oxygen atoms in total. The molecule has 0 aromatic heterocycles. The standard InChI is InChI=1S/C20H26O5/c1-6-24-20(22)11-15(4)7-9-18(21)17-12-16(23-5)8-10-19(17)25-13-14(2)3/h7-12,14H,6,13H2,1-5H3/b9-7+,15-11+. The molecule has 1 aromatic rings. The second kappa shape index (κ2) is 10.3. The summed E-state index contributed by atoms with van der Waals surface area (Å²) in [7, 11) is 1.54. The maximum atomic E-state index is 12.5. The van der Waals surface area contributed by atoms with Crippen LogP contribution in [0.25, 0.3) is 0 Å². The van der Waals surface area contributed by atoms with Crippen molar-refractivity contribution in [3.8, 4) is 11.5 Å². The third kappa shape index (κ3) is 7.25. The van der Waals surface area contributed by atoms with Crippen LogP contribution in [0.5, 0.6) is 11.5 Å². The van der Waals surface area contributed by atoms with E-state index >= 15 is 0 Å². The summed E-state index contributed by atoms with van der Waals surface area (Å²) in [5.41, 5.74) is 1.04. The molecule has 1 aromatic carbocycles. The Bertz CT molecular complexity index is 656. The highest BCUT2D eigenvalue weighted by Gasteiger charge is 2.12. The van der Waals surface area contributed by atoms with Crippen molar-refractivity contribution in [3.05, 3.63) is 47.6 Å². The van der Waals surface area contributed by atoms with Gasteiger partial charge in [-0.05, 0) is 49.6 Å². The first-order chi connectivity index (χ1) is 11.9. The molecule has 0 saturated carbocycles. The van der Waals surface area contributed by atoms with Crippen LogP contribution in [0.15, 0.2) is 42.0 Å². The highest BCUT2D eigenvalue weighted by atomic mass is 16.5. The zero-order chi connectivity index (χ0) is 18.8. The number of ketones is 1. The lowest BCUT2D eigenvalue weighted by Crippen LogP contribution is -2.08. The van der Waals surface area contributed by atoms with Crippen LogP contribution < -0.4 is 9.47 Å². The first-order valence-electron chi connectivity index (χ1n) is 8.25. The van der Waals surface area contributed by atoms with Crippen molar-refractivity contribution in [2.75, 3.05) is 20.3 Å². The van der Waals surface area contributed by atoms with Crippen molar-refractivity contribution < 1.29 is 23.8 Å². The molecule has 25 heavy (non-hydrogen) atoms. The lowest BCUT2D eigenvalue weighted by molar-refractivity contribution is -0.137. The van der Waals surface area contributed by atoms with E-state index in [0.29, 0.717) is 41.8 Å². The molecule has 0 amide bonds. The van der Waals surface area contributed by atoms with E-state index in [2.05, 4.69) is 0 Å². The number of esters is 1. The van der Waals surface area contributed by atoms with Crippen molar-refractivity contribution >= 4 is 11.8 Å². The smallest absolute Gasteiger partial charge is 0.330 e. The Morgan fingerprint density at radius 2 is 1.92 bits per heavy atom. The minimum Gasteiger partial charge on any atom is -0.497 e. The maximum absolute atomic E-state index is 12.5. The molecule has 0 N–H and O–H groups in total. The van der Waals surface area contributed by atoms with Crippen molar-refractivity contribution in [2.24, 2.45) is 5.92 Å². The molecule has 0 bridgehead atoms. The summed E-state index contributed by atoms with van der Waals surface area (Å²) in [5.74, 6) is 0.771. The predicted octanol–water partition coefficient (Wildman–Crippen LogP) is 3.98. The van der Waals surface area contributed by atoms with Crippen LogP contribution in [0.3, 0.4) is 0 Å². The van der Waals surface area contributed by atoms with Crippen LogP contribution in [0.2, 0.25) is 0 Å². The fourth-order valence-corrected chi connectivity index (χ4v) is 1.93. The fourth-order valence-electron chi connectivity index (χ4n) is 1.93. The van der Waals surface area contributed by atoms with Gasteiger partial charge in [0, 0.05) is 6.08 Å². The molecule has 0 heterocycles. The van der Waals surface area contributed by atoms with Crippen LogP contribution in [-0.4, -0.2) is 32.1 Å². The predicted molar refractivity (Wildman–Crippen MR) is 97.2 cm³/mol. The number of carbonyl (C=O) groups excluding carboxylic acids is 2.